The predicted molar refractivity (Wildman–Crippen MR) is 126 cm³/mol. The molecule has 0 saturated carbocycles. The van der Waals surface area contributed by atoms with Crippen molar-refractivity contribution < 1.29 is 9.90 Å². The number of aromatic nitrogens is 3. The fourth-order valence-electron chi connectivity index (χ4n) is 4.29. The van der Waals surface area contributed by atoms with Gasteiger partial charge in [-0.2, -0.15) is 5.10 Å². The van der Waals surface area contributed by atoms with Gasteiger partial charge in [-0.15, -0.1) is 6.42 Å². The Bertz CT molecular complexity index is 1460. The summed E-state index contributed by atoms with van der Waals surface area (Å²) in [4.78, 5) is 18.1. The van der Waals surface area contributed by atoms with E-state index in [9.17, 15) is 9.90 Å². The number of allylic oxidation sites excluding steroid dienone is 1. The fourth-order valence-corrected chi connectivity index (χ4v) is 4.29. The highest BCUT2D eigenvalue weighted by atomic mass is 16.4. The molecule has 0 radical (unpaired) electrons. The van der Waals surface area contributed by atoms with E-state index in [4.69, 9.17) is 11.5 Å². The molecule has 0 aliphatic heterocycles. The van der Waals surface area contributed by atoms with Crippen LogP contribution >= 0.6 is 0 Å². The van der Waals surface area contributed by atoms with E-state index >= 15 is 0 Å². The number of pyridine rings is 1. The molecule has 2 heterocycles. The molecule has 1 aliphatic carbocycles. The maximum atomic E-state index is 11.6. The van der Waals surface area contributed by atoms with Crippen molar-refractivity contribution in [1.29, 1.82) is 0 Å². The Kier molecular flexibility index (Phi) is 4.53. The molecule has 0 saturated heterocycles. The second-order valence-electron chi connectivity index (χ2n) is 7.80. The average molecular weight is 420 g/mol. The van der Waals surface area contributed by atoms with E-state index in [2.05, 4.69) is 34.0 Å². The lowest BCUT2D eigenvalue weighted by atomic mass is 10.0. The van der Waals surface area contributed by atoms with Crippen molar-refractivity contribution in [3.8, 4) is 12.3 Å². The molecule has 0 fully saturated rings. The minimum absolute atomic E-state index is 0.299. The zero-order valence-electron chi connectivity index (χ0n) is 17.7. The number of carboxylic acids is 1. The van der Waals surface area contributed by atoms with Gasteiger partial charge in [-0.1, -0.05) is 5.92 Å². The lowest BCUT2D eigenvalue weighted by Gasteiger charge is -2.19. The molecule has 6 nitrogen and oxygen atoms in total. The van der Waals surface area contributed by atoms with Crippen LogP contribution in [-0.2, 0) is 13.5 Å². The van der Waals surface area contributed by atoms with Gasteiger partial charge in [-0.25, -0.2) is 4.79 Å². The zero-order chi connectivity index (χ0) is 22.4. The highest BCUT2D eigenvalue weighted by Gasteiger charge is 2.24. The molecule has 0 spiro atoms. The SMILES string of the molecule is C#Cc1ccc(N(C)c2ccc3c(C4=Cc5nccc(C(=O)O)c5C4)n(C)nc3c2)cc1. The van der Waals surface area contributed by atoms with Crippen molar-refractivity contribution in [2.24, 2.45) is 7.05 Å². The van der Waals surface area contributed by atoms with E-state index in [1.165, 1.54) is 0 Å². The number of hydrogen-bond acceptors (Lipinski definition) is 4. The summed E-state index contributed by atoms with van der Waals surface area (Å²) in [6.07, 6.45) is 9.48. The van der Waals surface area contributed by atoms with Crippen molar-refractivity contribution in [3.63, 3.8) is 0 Å². The molecule has 0 bridgehead atoms. The Morgan fingerprint density at radius 3 is 2.62 bits per heavy atom. The Hall–Kier alpha value is -4.37. The average Bonchev–Trinajstić information content (AvgIpc) is 3.37. The van der Waals surface area contributed by atoms with Crippen LogP contribution in [0.2, 0.25) is 0 Å². The topological polar surface area (TPSA) is 71.2 Å². The Morgan fingerprint density at radius 2 is 1.91 bits per heavy atom. The van der Waals surface area contributed by atoms with Gasteiger partial charge in [0, 0.05) is 49.0 Å². The molecular formula is C26H20N4O2. The summed E-state index contributed by atoms with van der Waals surface area (Å²) < 4.78 is 1.86. The Morgan fingerprint density at radius 1 is 1.16 bits per heavy atom. The molecule has 2 aromatic heterocycles. The van der Waals surface area contributed by atoms with Gasteiger partial charge < -0.3 is 10.0 Å². The molecule has 6 heteroatoms. The highest BCUT2D eigenvalue weighted by molar-refractivity contribution is 6.01. The minimum Gasteiger partial charge on any atom is -0.478 e. The number of terminal acetylenes is 1. The first-order valence-electron chi connectivity index (χ1n) is 10.2. The molecule has 1 N–H and O–H groups in total. The van der Waals surface area contributed by atoms with Crippen LogP contribution in [0.1, 0.15) is 32.9 Å². The summed E-state index contributed by atoms with van der Waals surface area (Å²) >= 11 is 0. The van der Waals surface area contributed by atoms with Crippen molar-refractivity contribution in [3.05, 3.63) is 82.8 Å². The van der Waals surface area contributed by atoms with Gasteiger partial charge in [0.15, 0.2) is 0 Å². The molecule has 0 amide bonds. The molecule has 4 aromatic rings. The van der Waals surface area contributed by atoms with Crippen LogP contribution in [-0.4, -0.2) is 32.9 Å². The third-order valence-electron chi connectivity index (χ3n) is 5.93. The third-order valence-corrected chi connectivity index (χ3v) is 5.93. The molecule has 1 aliphatic rings. The molecule has 156 valence electrons. The normalized spacial score (nSPS) is 12.3. The minimum atomic E-state index is -0.934. The zero-order valence-corrected chi connectivity index (χ0v) is 17.7. The first-order valence-corrected chi connectivity index (χ1v) is 10.2. The number of fused-ring (bicyclic) bond motifs is 2. The second kappa shape index (κ2) is 7.40. The van der Waals surface area contributed by atoms with E-state index in [0.717, 1.165) is 44.7 Å². The van der Waals surface area contributed by atoms with Crippen molar-refractivity contribution in [2.75, 3.05) is 11.9 Å². The van der Waals surface area contributed by atoms with Gasteiger partial charge in [0.05, 0.1) is 22.5 Å². The Labute approximate surface area is 185 Å². The fraction of sp³-hybridized carbons (Fsp3) is 0.115. The number of aryl methyl sites for hydroxylation is 1. The summed E-state index contributed by atoms with van der Waals surface area (Å²) in [7, 11) is 3.91. The number of nitrogens with zero attached hydrogens (tertiary/aromatic N) is 4. The molecule has 0 unspecified atom stereocenters. The number of anilines is 2. The summed E-state index contributed by atoms with van der Waals surface area (Å²) in [5.41, 5.74) is 7.49. The number of benzene rings is 2. The van der Waals surface area contributed by atoms with Crippen LogP contribution in [0, 0.1) is 12.3 Å². The van der Waals surface area contributed by atoms with Gasteiger partial charge in [0.25, 0.3) is 0 Å². The maximum Gasteiger partial charge on any atom is 0.336 e. The quantitative estimate of drug-likeness (QED) is 0.492. The van der Waals surface area contributed by atoms with E-state index in [-0.39, 0.29) is 0 Å². The molecular weight excluding hydrogens is 400 g/mol. The molecule has 2 aromatic carbocycles. The number of rotatable bonds is 4. The summed E-state index contributed by atoms with van der Waals surface area (Å²) in [5, 5.41) is 15.3. The van der Waals surface area contributed by atoms with Crippen molar-refractivity contribution in [1.82, 2.24) is 14.8 Å². The lowest BCUT2D eigenvalue weighted by Crippen LogP contribution is -2.09. The lowest BCUT2D eigenvalue weighted by molar-refractivity contribution is 0.0695. The highest BCUT2D eigenvalue weighted by Crippen LogP contribution is 2.37. The number of carbonyl (C=O) groups is 1. The van der Waals surface area contributed by atoms with E-state index in [0.29, 0.717) is 17.7 Å². The predicted octanol–water partition coefficient (Wildman–Crippen LogP) is 4.51. The first-order chi connectivity index (χ1) is 15.5. The van der Waals surface area contributed by atoms with E-state index in [1.807, 2.05) is 49.1 Å². The molecule has 32 heavy (non-hydrogen) atoms. The van der Waals surface area contributed by atoms with Crippen LogP contribution in [0.15, 0.2) is 54.7 Å². The van der Waals surface area contributed by atoms with Gasteiger partial charge in [0.2, 0.25) is 0 Å². The number of aromatic carboxylic acids is 1. The standard InChI is InChI=1S/C26H20N4O2/c1-4-16-5-7-18(8-6-16)29(2)19-9-10-21-24(15-19)28-30(3)25(21)17-13-22-20(26(31)32)11-12-27-23(22)14-17/h1,5-12,14-15H,13H2,2-3H3,(H,31,32). The van der Waals surface area contributed by atoms with E-state index < -0.39 is 5.97 Å². The third kappa shape index (κ3) is 3.12. The van der Waals surface area contributed by atoms with Gasteiger partial charge >= 0.3 is 5.97 Å². The smallest absolute Gasteiger partial charge is 0.336 e. The van der Waals surface area contributed by atoms with E-state index in [1.54, 1.807) is 12.3 Å². The van der Waals surface area contributed by atoms with Gasteiger partial charge in [0.1, 0.15) is 0 Å². The molecule has 5 rings (SSSR count). The van der Waals surface area contributed by atoms with Crippen molar-refractivity contribution >= 4 is 39.9 Å². The molecule has 0 atom stereocenters. The van der Waals surface area contributed by atoms with Crippen LogP contribution < -0.4 is 4.90 Å². The second-order valence-corrected chi connectivity index (χ2v) is 7.80. The van der Waals surface area contributed by atoms with Crippen molar-refractivity contribution in [2.45, 2.75) is 6.42 Å². The summed E-state index contributed by atoms with van der Waals surface area (Å²) in [6, 6.07) is 15.6. The summed E-state index contributed by atoms with van der Waals surface area (Å²) in [6.45, 7) is 0. The maximum absolute atomic E-state index is 11.6. The number of carboxylic acid groups (broad SMARTS) is 1. The largest absolute Gasteiger partial charge is 0.478 e. The number of hydrogen-bond donors (Lipinski definition) is 1. The monoisotopic (exact) mass is 420 g/mol. The van der Waals surface area contributed by atoms with Crippen LogP contribution in [0.5, 0.6) is 0 Å². The van der Waals surface area contributed by atoms with Crippen LogP contribution in [0.4, 0.5) is 11.4 Å². The Balaban J connectivity index is 1.51. The first kappa shape index (κ1) is 19.6. The van der Waals surface area contributed by atoms with Crippen LogP contribution in [0.25, 0.3) is 22.6 Å². The summed E-state index contributed by atoms with van der Waals surface area (Å²) in [5.74, 6) is 1.70. The van der Waals surface area contributed by atoms with Gasteiger partial charge in [-0.3, -0.25) is 9.67 Å². The van der Waals surface area contributed by atoms with Gasteiger partial charge in [-0.05, 0) is 65.7 Å². The van der Waals surface area contributed by atoms with Crippen LogP contribution in [0.3, 0.4) is 0 Å².